The third-order valence-corrected chi connectivity index (χ3v) is 8.31. The van der Waals surface area contributed by atoms with Gasteiger partial charge >= 0.3 is 0 Å². The fraction of sp³-hybridized carbons (Fsp3) is 0.400. The van der Waals surface area contributed by atoms with Gasteiger partial charge < -0.3 is 9.47 Å². The minimum absolute atomic E-state index is 0.0418. The van der Waals surface area contributed by atoms with E-state index in [1.54, 1.807) is 18.9 Å². The number of methoxy groups -OCH3 is 1. The number of non-ortho nitro benzene ring substituents is 1. The zero-order valence-electron chi connectivity index (χ0n) is 17.1. The van der Waals surface area contributed by atoms with Gasteiger partial charge in [-0.05, 0) is 47.9 Å². The number of nitrogens with zero attached hydrogens (tertiary/aromatic N) is 1. The van der Waals surface area contributed by atoms with Crippen molar-refractivity contribution in [2.75, 3.05) is 32.7 Å². The zero-order valence-corrected chi connectivity index (χ0v) is 20.2. The molecule has 2 aromatic rings. The molecular formula is C20H21Cl2NO7S2. The number of aryl methyl sites for hydroxylation is 1. The second kappa shape index (κ2) is 11.0. The summed E-state index contributed by atoms with van der Waals surface area (Å²) in [6.45, 7) is 0.155. The second-order valence-electron chi connectivity index (χ2n) is 6.84. The quantitative estimate of drug-likeness (QED) is 0.195. The molecule has 2 aromatic carbocycles. The molecule has 12 heteroatoms. The van der Waals surface area contributed by atoms with Gasteiger partial charge in [0.05, 0.1) is 47.0 Å². The standard InChI is InChI=1S/C20H21Cl2NO7S2/c1-28-16-11-13-3-2-10-31-17(18(13)20(22)19(16)21)12-29-8-9-30-32(26,27)15-6-4-14(5-7-15)23(24)25/h4-7,11,17H,2-3,8-10,12H2,1H3. The third kappa shape index (κ3) is 5.86. The van der Waals surface area contributed by atoms with E-state index < -0.39 is 15.0 Å². The SMILES string of the molecule is COc1cc2c(c(Cl)c1Cl)C(COCCOS(=O)(=O)c1ccc([N+](=O)[O-])cc1)SCCC2. The highest BCUT2D eigenvalue weighted by atomic mass is 35.5. The molecule has 0 aromatic heterocycles. The van der Waals surface area contributed by atoms with Crippen LogP contribution in [0.4, 0.5) is 5.69 Å². The molecule has 0 N–H and O–H groups in total. The van der Waals surface area contributed by atoms with Gasteiger partial charge in [-0.15, -0.1) is 0 Å². The summed E-state index contributed by atoms with van der Waals surface area (Å²) in [5, 5.41) is 11.4. The van der Waals surface area contributed by atoms with E-state index in [1.807, 2.05) is 6.07 Å². The first-order valence-corrected chi connectivity index (χ1v) is 12.8. The fourth-order valence-electron chi connectivity index (χ4n) is 3.27. The molecule has 1 aliphatic heterocycles. The summed E-state index contributed by atoms with van der Waals surface area (Å²) in [6, 6.07) is 6.39. The normalized spacial score (nSPS) is 16.3. The Bertz CT molecular complexity index is 1080. The van der Waals surface area contributed by atoms with E-state index >= 15 is 0 Å². The van der Waals surface area contributed by atoms with E-state index in [-0.39, 0.29) is 29.0 Å². The van der Waals surface area contributed by atoms with Gasteiger partial charge in [-0.1, -0.05) is 23.2 Å². The predicted octanol–water partition coefficient (Wildman–Crippen LogP) is 5.05. The lowest BCUT2D eigenvalue weighted by molar-refractivity contribution is -0.384. The van der Waals surface area contributed by atoms with Crippen LogP contribution in [0.15, 0.2) is 35.2 Å². The lowest BCUT2D eigenvalue weighted by Crippen LogP contribution is -2.14. The Morgan fingerprint density at radius 3 is 2.56 bits per heavy atom. The highest BCUT2D eigenvalue weighted by Crippen LogP contribution is 2.46. The van der Waals surface area contributed by atoms with Crippen molar-refractivity contribution >= 4 is 50.8 Å². The van der Waals surface area contributed by atoms with Crippen molar-refractivity contribution in [3.63, 3.8) is 0 Å². The van der Waals surface area contributed by atoms with Crippen molar-refractivity contribution < 1.29 is 27.0 Å². The molecule has 1 aliphatic rings. The summed E-state index contributed by atoms with van der Waals surface area (Å²) >= 11 is 14.6. The van der Waals surface area contributed by atoms with Crippen molar-refractivity contribution in [1.82, 2.24) is 0 Å². The Morgan fingerprint density at radius 2 is 1.91 bits per heavy atom. The number of rotatable bonds is 9. The Balaban J connectivity index is 1.58. The maximum Gasteiger partial charge on any atom is 0.297 e. The minimum Gasteiger partial charge on any atom is -0.495 e. The number of thioether (sulfide) groups is 1. The summed E-state index contributed by atoms with van der Waals surface area (Å²) in [5.41, 5.74) is 1.77. The smallest absolute Gasteiger partial charge is 0.297 e. The predicted molar refractivity (Wildman–Crippen MR) is 124 cm³/mol. The molecule has 0 radical (unpaired) electrons. The third-order valence-electron chi connectivity index (χ3n) is 4.82. The summed E-state index contributed by atoms with van der Waals surface area (Å²) in [7, 11) is -2.50. The summed E-state index contributed by atoms with van der Waals surface area (Å²) in [4.78, 5) is 9.92. The number of nitro groups is 1. The number of halogens is 2. The van der Waals surface area contributed by atoms with Crippen molar-refractivity contribution in [2.24, 2.45) is 0 Å². The van der Waals surface area contributed by atoms with Gasteiger partial charge in [0, 0.05) is 12.1 Å². The van der Waals surface area contributed by atoms with E-state index in [1.165, 1.54) is 0 Å². The second-order valence-corrected chi connectivity index (χ2v) is 10.5. The highest BCUT2D eigenvalue weighted by molar-refractivity contribution is 7.99. The number of hydrogen-bond donors (Lipinski definition) is 0. The molecule has 0 amide bonds. The van der Waals surface area contributed by atoms with Crippen LogP contribution in [0.25, 0.3) is 0 Å². The van der Waals surface area contributed by atoms with Gasteiger partial charge in [0.25, 0.3) is 15.8 Å². The van der Waals surface area contributed by atoms with Gasteiger partial charge in [-0.2, -0.15) is 20.2 Å². The molecule has 0 saturated heterocycles. The van der Waals surface area contributed by atoms with Crippen LogP contribution >= 0.6 is 35.0 Å². The number of benzene rings is 2. The first kappa shape index (κ1) is 25.1. The molecule has 0 spiro atoms. The van der Waals surface area contributed by atoms with Gasteiger partial charge in [0.2, 0.25) is 0 Å². The molecule has 0 fully saturated rings. The van der Waals surface area contributed by atoms with Crippen LogP contribution in [0.3, 0.4) is 0 Å². The molecule has 0 saturated carbocycles. The van der Waals surface area contributed by atoms with Gasteiger partial charge in [-0.3, -0.25) is 14.3 Å². The van der Waals surface area contributed by atoms with Crippen LogP contribution in [0.1, 0.15) is 22.8 Å². The largest absolute Gasteiger partial charge is 0.495 e. The van der Waals surface area contributed by atoms with Crippen LogP contribution < -0.4 is 4.74 Å². The van der Waals surface area contributed by atoms with Gasteiger partial charge in [0.15, 0.2) is 0 Å². The Morgan fingerprint density at radius 1 is 1.19 bits per heavy atom. The number of nitro benzene ring substituents is 1. The van der Waals surface area contributed by atoms with Crippen LogP contribution in [-0.4, -0.2) is 46.0 Å². The van der Waals surface area contributed by atoms with E-state index in [9.17, 15) is 18.5 Å². The molecule has 1 atom stereocenters. The lowest BCUT2D eigenvalue weighted by atomic mass is 10.00. The van der Waals surface area contributed by atoms with Crippen molar-refractivity contribution in [2.45, 2.75) is 23.0 Å². The molecule has 174 valence electrons. The van der Waals surface area contributed by atoms with Crippen molar-refractivity contribution in [3.05, 3.63) is 61.6 Å². The Labute approximate surface area is 200 Å². The fourth-order valence-corrected chi connectivity index (χ4v) is 6.03. The molecule has 32 heavy (non-hydrogen) atoms. The Kier molecular flexibility index (Phi) is 8.65. The number of fused-ring (bicyclic) bond motifs is 1. The van der Waals surface area contributed by atoms with Crippen LogP contribution in [0, 0.1) is 10.1 Å². The van der Waals surface area contributed by atoms with E-state index in [4.69, 9.17) is 36.9 Å². The topological polar surface area (TPSA) is 105 Å². The molecule has 0 bridgehead atoms. The molecule has 3 rings (SSSR count). The average molecular weight is 522 g/mol. The summed E-state index contributed by atoms with van der Waals surface area (Å²) in [6.07, 6.45) is 1.83. The lowest BCUT2D eigenvalue weighted by Gasteiger charge is -2.21. The number of hydrogen-bond acceptors (Lipinski definition) is 8. The van der Waals surface area contributed by atoms with Gasteiger partial charge in [-0.25, -0.2) is 0 Å². The minimum atomic E-state index is -4.04. The van der Waals surface area contributed by atoms with Crippen LogP contribution in [0.2, 0.25) is 10.0 Å². The van der Waals surface area contributed by atoms with E-state index in [0.717, 1.165) is 54.0 Å². The molecule has 0 aliphatic carbocycles. The maximum absolute atomic E-state index is 12.2. The maximum atomic E-state index is 12.2. The van der Waals surface area contributed by atoms with E-state index in [0.29, 0.717) is 22.4 Å². The Hall–Kier alpha value is -1.56. The van der Waals surface area contributed by atoms with Gasteiger partial charge in [0.1, 0.15) is 10.8 Å². The van der Waals surface area contributed by atoms with Crippen molar-refractivity contribution in [1.29, 1.82) is 0 Å². The summed E-state index contributed by atoms with van der Waals surface area (Å²) in [5.74, 6) is 1.45. The molecular weight excluding hydrogens is 501 g/mol. The summed E-state index contributed by atoms with van der Waals surface area (Å²) < 4.78 is 40.4. The van der Waals surface area contributed by atoms with Crippen molar-refractivity contribution in [3.8, 4) is 5.75 Å². The molecule has 1 heterocycles. The van der Waals surface area contributed by atoms with E-state index in [2.05, 4.69) is 0 Å². The highest BCUT2D eigenvalue weighted by Gasteiger charge is 2.26. The first-order valence-electron chi connectivity index (χ1n) is 9.62. The van der Waals surface area contributed by atoms with Crippen LogP contribution in [-0.2, 0) is 25.5 Å². The average Bonchev–Trinajstić information content (AvgIpc) is 2.98. The van der Waals surface area contributed by atoms with Crippen LogP contribution in [0.5, 0.6) is 5.75 Å². The zero-order chi connectivity index (χ0) is 23.3. The molecule has 8 nitrogen and oxygen atoms in total. The molecule has 1 unspecified atom stereocenters. The number of ether oxygens (including phenoxy) is 2. The monoisotopic (exact) mass is 521 g/mol. The first-order chi connectivity index (χ1) is 15.2.